The Morgan fingerprint density at radius 1 is 1.00 bits per heavy atom. The van der Waals surface area contributed by atoms with Crippen LogP contribution in [0.5, 0.6) is 0 Å². The molecule has 0 aliphatic heterocycles. The van der Waals surface area contributed by atoms with E-state index in [1.807, 2.05) is 30.3 Å². The van der Waals surface area contributed by atoms with E-state index in [0.29, 0.717) is 10.0 Å². The molecule has 3 rings (SSSR count). The maximum Gasteiger partial charge on any atom is 0.0595 e. The number of hydrogen-bond acceptors (Lipinski definition) is 0. The van der Waals surface area contributed by atoms with Crippen LogP contribution in [0.15, 0.2) is 53.1 Å². The Balaban J connectivity index is 2.01. The maximum absolute atomic E-state index is 6.05. The number of hydrogen-bond donors (Lipinski definition) is 0. The Kier molecular flexibility index (Phi) is 3.57. The van der Waals surface area contributed by atoms with Crippen molar-refractivity contribution in [3.63, 3.8) is 0 Å². The van der Waals surface area contributed by atoms with Crippen molar-refractivity contribution in [2.24, 2.45) is 0 Å². The van der Waals surface area contributed by atoms with Gasteiger partial charge < -0.3 is 4.57 Å². The Bertz CT molecular complexity index is 749. The Labute approximate surface area is 129 Å². The van der Waals surface area contributed by atoms with E-state index in [1.54, 1.807) is 0 Å². The first-order chi connectivity index (χ1) is 9.15. The first-order valence-electron chi connectivity index (χ1n) is 5.82. The predicted octanol–water partition coefficient (Wildman–Crippen LogP) is 5.76. The van der Waals surface area contributed by atoms with Crippen LogP contribution in [0.2, 0.25) is 10.0 Å². The molecule has 0 unspecified atom stereocenters. The highest BCUT2D eigenvalue weighted by Crippen LogP contribution is 2.27. The molecule has 96 valence electrons. The van der Waals surface area contributed by atoms with Crippen LogP contribution in [-0.2, 0) is 6.54 Å². The summed E-state index contributed by atoms with van der Waals surface area (Å²) in [5, 5.41) is 2.39. The van der Waals surface area contributed by atoms with E-state index >= 15 is 0 Å². The lowest BCUT2D eigenvalue weighted by Gasteiger charge is -2.07. The summed E-state index contributed by atoms with van der Waals surface area (Å²) in [6.45, 7) is 0.775. The zero-order valence-corrected chi connectivity index (χ0v) is 13.0. The van der Waals surface area contributed by atoms with Gasteiger partial charge in [0, 0.05) is 28.1 Å². The summed E-state index contributed by atoms with van der Waals surface area (Å²) in [5.41, 5.74) is 2.33. The van der Waals surface area contributed by atoms with E-state index < -0.39 is 0 Å². The zero-order valence-electron chi connectivity index (χ0n) is 9.91. The van der Waals surface area contributed by atoms with Crippen LogP contribution in [-0.4, -0.2) is 4.57 Å². The normalized spacial score (nSPS) is 11.1. The fourth-order valence-corrected chi connectivity index (χ4v) is 2.97. The van der Waals surface area contributed by atoms with Gasteiger partial charge in [0.1, 0.15) is 0 Å². The average molecular weight is 355 g/mol. The standard InChI is InChI=1S/C15H10BrCl2N/c16-12-2-1-3-15-11(12)6-7-19(15)9-10-4-5-13(17)14(18)8-10/h1-8H,9H2. The molecule has 0 atom stereocenters. The number of nitrogens with zero attached hydrogens (tertiary/aromatic N) is 1. The summed E-state index contributed by atoms with van der Waals surface area (Å²) in [5.74, 6) is 0. The summed E-state index contributed by atoms with van der Waals surface area (Å²) < 4.78 is 3.30. The molecule has 1 aromatic heterocycles. The molecule has 0 bridgehead atoms. The Hall–Kier alpha value is -0.960. The van der Waals surface area contributed by atoms with Gasteiger partial charge in [-0.15, -0.1) is 0 Å². The van der Waals surface area contributed by atoms with Gasteiger partial charge in [-0.05, 0) is 35.9 Å². The number of rotatable bonds is 2. The van der Waals surface area contributed by atoms with Gasteiger partial charge in [0.2, 0.25) is 0 Å². The van der Waals surface area contributed by atoms with E-state index in [0.717, 1.165) is 16.6 Å². The number of halogens is 3. The molecule has 3 aromatic rings. The molecule has 0 saturated heterocycles. The third-order valence-electron chi connectivity index (χ3n) is 3.10. The van der Waals surface area contributed by atoms with Gasteiger partial charge in [-0.1, -0.05) is 51.3 Å². The molecule has 0 aliphatic rings. The van der Waals surface area contributed by atoms with Crippen molar-refractivity contribution >= 4 is 50.0 Å². The molecule has 0 fully saturated rings. The van der Waals surface area contributed by atoms with Crippen molar-refractivity contribution < 1.29 is 0 Å². The second-order valence-electron chi connectivity index (χ2n) is 4.36. The highest BCUT2D eigenvalue weighted by molar-refractivity contribution is 9.10. The van der Waals surface area contributed by atoms with Crippen LogP contribution in [0, 0.1) is 0 Å². The molecule has 4 heteroatoms. The van der Waals surface area contributed by atoms with Gasteiger partial charge in [0.25, 0.3) is 0 Å². The van der Waals surface area contributed by atoms with Crippen LogP contribution in [0.25, 0.3) is 10.9 Å². The quantitative estimate of drug-likeness (QED) is 0.551. The second kappa shape index (κ2) is 5.20. The molecule has 0 N–H and O–H groups in total. The van der Waals surface area contributed by atoms with Crippen molar-refractivity contribution in [2.45, 2.75) is 6.54 Å². The predicted molar refractivity (Wildman–Crippen MR) is 85.2 cm³/mol. The minimum atomic E-state index is 0.588. The molecule has 2 aromatic carbocycles. The molecular weight excluding hydrogens is 345 g/mol. The summed E-state index contributed by atoms with van der Waals surface area (Å²) >= 11 is 15.5. The molecule has 1 heterocycles. The number of benzene rings is 2. The molecule has 0 saturated carbocycles. The van der Waals surface area contributed by atoms with E-state index in [1.165, 1.54) is 10.9 Å². The van der Waals surface area contributed by atoms with E-state index in [9.17, 15) is 0 Å². The second-order valence-corrected chi connectivity index (χ2v) is 6.03. The van der Waals surface area contributed by atoms with Gasteiger partial charge in [-0.25, -0.2) is 0 Å². The number of aromatic nitrogens is 1. The Morgan fingerprint density at radius 2 is 1.84 bits per heavy atom. The fraction of sp³-hybridized carbons (Fsp3) is 0.0667. The molecule has 0 spiro atoms. The third-order valence-corrected chi connectivity index (χ3v) is 4.53. The molecule has 0 radical (unpaired) electrons. The molecular formula is C15H10BrCl2N. The summed E-state index contributed by atoms with van der Waals surface area (Å²) in [7, 11) is 0. The third kappa shape index (κ3) is 2.53. The van der Waals surface area contributed by atoms with Gasteiger partial charge in [0.05, 0.1) is 10.0 Å². The molecule has 0 amide bonds. The van der Waals surface area contributed by atoms with Crippen LogP contribution < -0.4 is 0 Å². The summed E-state index contributed by atoms with van der Waals surface area (Å²) in [6, 6.07) is 14.0. The van der Waals surface area contributed by atoms with Crippen LogP contribution >= 0.6 is 39.1 Å². The van der Waals surface area contributed by atoms with Gasteiger partial charge in [-0.3, -0.25) is 0 Å². The lowest BCUT2D eigenvalue weighted by Crippen LogP contribution is -1.97. The Morgan fingerprint density at radius 3 is 2.63 bits per heavy atom. The first-order valence-corrected chi connectivity index (χ1v) is 7.37. The minimum absolute atomic E-state index is 0.588. The highest BCUT2D eigenvalue weighted by atomic mass is 79.9. The molecule has 0 aliphatic carbocycles. The van der Waals surface area contributed by atoms with Crippen molar-refractivity contribution in [1.82, 2.24) is 4.57 Å². The summed E-state index contributed by atoms with van der Waals surface area (Å²) in [4.78, 5) is 0. The van der Waals surface area contributed by atoms with Gasteiger partial charge >= 0.3 is 0 Å². The van der Waals surface area contributed by atoms with Crippen molar-refractivity contribution in [3.8, 4) is 0 Å². The van der Waals surface area contributed by atoms with Crippen molar-refractivity contribution in [2.75, 3.05) is 0 Å². The first kappa shape index (κ1) is 13.0. The SMILES string of the molecule is Clc1ccc(Cn2ccc3c(Br)cccc32)cc1Cl. The smallest absolute Gasteiger partial charge is 0.0595 e. The largest absolute Gasteiger partial charge is 0.343 e. The van der Waals surface area contributed by atoms with Crippen LogP contribution in [0.4, 0.5) is 0 Å². The van der Waals surface area contributed by atoms with Crippen LogP contribution in [0.3, 0.4) is 0 Å². The molecule has 1 nitrogen and oxygen atoms in total. The topological polar surface area (TPSA) is 4.93 Å². The van der Waals surface area contributed by atoms with E-state index in [2.05, 4.69) is 38.8 Å². The lowest BCUT2D eigenvalue weighted by molar-refractivity contribution is 0.837. The minimum Gasteiger partial charge on any atom is -0.343 e. The van der Waals surface area contributed by atoms with E-state index in [-0.39, 0.29) is 0 Å². The monoisotopic (exact) mass is 353 g/mol. The van der Waals surface area contributed by atoms with Gasteiger partial charge in [-0.2, -0.15) is 0 Å². The number of fused-ring (bicyclic) bond motifs is 1. The fourth-order valence-electron chi connectivity index (χ4n) is 2.16. The zero-order chi connectivity index (χ0) is 13.4. The maximum atomic E-state index is 6.05. The van der Waals surface area contributed by atoms with Gasteiger partial charge in [0.15, 0.2) is 0 Å². The van der Waals surface area contributed by atoms with Crippen LogP contribution in [0.1, 0.15) is 5.56 Å². The molecule has 19 heavy (non-hydrogen) atoms. The van der Waals surface area contributed by atoms with Crippen molar-refractivity contribution in [1.29, 1.82) is 0 Å². The average Bonchev–Trinajstić information content (AvgIpc) is 2.79. The van der Waals surface area contributed by atoms with E-state index in [4.69, 9.17) is 23.2 Å². The highest BCUT2D eigenvalue weighted by Gasteiger charge is 2.05. The van der Waals surface area contributed by atoms with Crippen molar-refractivity contribution in [3.05, 3.63) is 68.7 Å². The summed E-state index contributed by atoms with van der Waals surface area (Å²) in [6.07, 6.45) is 2.08. The lowest BCUT2D eigenvalue weighted by atomic mass is 10.2.